The third-order valence-corrected chi connectivity index (χ3v) is 3.63. The molecule has 19 heavy (non-hydrogen) atoms. The predicted octanol–water partition coefficient (Wildman–Crippen LogP) is 3.69. The van der Waals surface area contributed by atoms with E-state index in [1.165, 1.54) is 6.08 Å². The van der Waals surface area contributed by atoms with Gasteiger partial charge < -0.3 is 5.11 Å². The number of halogens is 2. The van der Waals surface area contributed by atoms with Gasteiger partial charge in [-0.3, -0.25) is 4.79 Å². The fraction of sp³-hybridized carbons (Fsp3) is 0.0769. The number of aromatic hydroxyl groups is 1. The van der Waals surface area contributed by atoms with Gasteiger partial charge in [-0.1, -0.05) is 0 Å². The van der Waals surface area contributed by atoms with Crippen molar-refractivity contribution in [1.82, 2.24) is 0 Å². The Morgan fingerprint density at radius 3 is 2.26 bits per heavy atom. The van der Waals surface area contributed by atoms with Crippen LogP contribution in [-0.2, 0) is 4.79 Å². The summed E-state index contributed by atoms with van der Waals surface area (Å²) in [5, 5.41) is 9.60. The molecule has 0 aliphatic heterocycles. The molecule has 0 amide bonds. The molecule has 0 spiro atoms. The molecule has 2 rings (SSSR count). The number of hydrogen-bond acceptors (Lipinski definition) is 3. The molecule has 0 fully saturated rings. The summed E-state index contributed by atoms with van der Waals surface area (Å²) in [6, 6.07) is 3.42. The van der Waals surface area contributed by atoms with Crippen LogP contribution in [0.3, 0.4) is 0 Å². The van der Waals surface area contributed by atoms with E-state index in [9.17, 15) is 9.90 Å². The fourth-order valence-electron chi connectivity index (χ4n) is 1.47. The summed E-state index contributed by atoms with van der Waals surface area (Å²) in [5.41, 5.74) is 2.05. The van der Waals surface area contributed by atoms with Crippen LogP contribution >= 0.6 is 31.9 Å². The van der Waals surface area contributed by atoms with Crippen molar-refractivity contribution >= 4 is 78.6 Å². The Labute approximate surface area is 150 Å². The number of carbonyl (C=O) groups is 1. The van der Waals surface area contributed by atoms with Crippen LogP contribution in [0.2, 0.25) is 0 Å². The minimum Gasteiger partial charge on any atom is -0.506 e. The average molecular weight is 394 g/mol. The van der Waals surface area contributed by atoms with E-state index in [-0.39, 0.29) is 41.1 Å². The number of rotatable bonds is 1. The molecular weight excluding hydrogens is 385 g/mol. The number of hydrogen-bond donors (Lipinski definition) is 1. The molecule has 0 heterocycles. The maximum absolute atomic E-state index is 11.3. The van der Waals surface area contributed by atoms with Crippen molar-refractivity contribution < 1.29 is 9.90 Å². The molecule has 1 aliphatic rings. The van der Waals surface area contributed by atoms with Gasteiger partial charge >= 0.3 is 0 Å². The molecule has 6 heteroatoms. The Bertz CT molecular complexity index is 598. The van der Waals surface area contributed by atoms with Crippen molar-refractivity contribution in [1.29, 1.82) is 0 Å². The maximum atomic E-state index is 11.3. The van der Waals surface area contributed by atoms with E-state index < -0.39 is 0 Å². The largest absolute Gasteiger partial charge is 0.506 e. The molecule has 0 unspecified atom stereocenters. The molecule has 0 bridgehead atoms. The second-order valence-electron chi connectivity index (χ2n) is 3.82. The zero-order valence-electron chi connectivity index (χ0n) is 10.4. The molecule has 1 aromatic rings. The van der Waals surface area contributed by atoms with E-state index in [4.69, 9.17) is 0 Å². The molecular formula is C13H9Br2NNaO2. The molecule has 0 aromatic heterocycles. The Hall–Kier alpha value is -0.200. The van der Waals surface area contributed by atoms with E-state index in [2.05, 4.69) is 36.9 Å². The number of carbonyl (C=O) groups excluding carboxylic acids is 1. The van der Waals surface area contributed by atoms with Gasteiger partial charge in [0.2, 0.25) is 0 Å². The van der Waals surface area contributed by atoms with Crippen molar-refractivity contribution in [3.8, 4) is 5.75 Å². The number of ketones is 1. The van der Waals surface area contributed by atoms with Crippen molar-refractivity contribution in [3.05, 3.63) is 44.9 Å². The van der Waals surface area contributed by atoms with Crippen LogP contribution in [-0.4, -0.2) is 46.2 Å². The minimum absolute atomic E-state index is 0. The van der Waals surface area contributed by atoms with Gasteiger partial charge in [0.15, 0.2) is 5.78 Å². The molecule has 1 aliphatic carbocycles. The number of allylic oxidation sites excluding steroid dienone is 4. The quantitative estimate of drug-likeness (QED) is 0.584. The molecule has 1 aromatic carbocycles. The number of nitrogens with zero attached hydrogens (tertiary/aromatic N) is 1. The third-order valence-electron chi connectivity index (χ3n) is 2.42. The zero-order chi connectivity index (χ0) is 13.3. The zero-order valence-corrected chi connectivity index (χ0v) is 15.6. The first-order chi connectivity index (χ1) is 8.47. The summed E-state index contributed by atoms with van der Waals surface area (Å²) in [4.78, 5) is 15.7. The summed E-state index contributed by atoms with van der Waals surface area (Å²) >= 11 is 6.49. The van der Waals surface area contributed by atoms with E-state index >= 15 is 0 Å². The molecule has 1 radical (unpaired) electrons. The standard InChI is InChI=1S/C13H9Br2NO2.Na/c1-7-4-8(2-3-12(7)17)16-9-5-10(14)13(18)11(15)6-9;/h2-6,18H,1H3;. The monoisotopic (exact) mass is 392 g/mol. The van der Waals surface area contributed by atoms with Crippen molar-refractivity contribution in [2.75, 3.05) is 0 Å². The fourth-order valence-corrected chi connectivity index (χ4v) is 2.63. The second-order valence-corrected chi connectivity index (χ2v) is 5.53. The van der Waals surface area contributed by atoms with Gasteiger partial charge in [-0.25, -0.2) is 4.99 Å². The van der Waals surface area contributed by atoms with Gasteiger partial charge in [0.1, 0.15) is 5.75 Å². The van der Waals surface area contributed by atoms with Crippen molar-refractivity contribution in [2.24, 2.45) is 4.99 Å². The van der Waals surface area contributed by atoms with Crippen molar-refractivity contribution in [2.45, 2.75) is 6.92 Å². The number of phenols is 1. The summed E-state index contributed by atoms with van der Waals surface area (Å²) in [6.45, 7) is 1.75. The number of benzene rings is 1. The van der Waals surface area contributed by atoms with Gasteiger partial charge in [-0.05, 0) is 74.7 Å². The first-order valence-electron chi connectivity index (χ1n) is 5.15. The molecule has 0 saturated carbocycles. The maximum Gasteiger partial charge on any atom is 0.181 e. The van der Waals surface area contributed by atoms with Gasteiger partial charge in [0.05, 0.1) is 20.3 Å². The molecule has 0 atom stereocenters. The molecule has 1 N–H and O–H groups in total. The first kappa shape index (κ1) is 16.9. The summed E-state index contributed by atoms with van der Waals surface area (Å²) in [5.74, 6) is 0.141. The Balaban J connectivity index is 0.00000180. The van der Waals surface area contributed by atoms with Gasteiger partial charge in [-0.15, -0.1) is 0 Å². The third kappa shape index (κ3) is 4.13. The van der Waals surface area contributed by atoms with Crippen LogP contribution in [0.5, 0.6) is 5.75 Å². The van der Waals surface area contributed by atoms with Crippen molar-refractivity contribution in [3.63, 3.8) is 0 Å². The van der Waals surface area contributed by atoms with Gasteiger partial charge in [-0.2, -0.15) is 0 Å². The summed E-state index contributed by atoms with van der Waals surface area (Å²) in [7, 11) is 0. The second kappa shape index (κ2) is 6.99. The molecule has 0 saturated heterocycles. The van der Waals surface area contributed by atoms with E-state index in [1.807, 2.05) is 0 Å². The van der Waals surface area contributed by atoms with Crippen LogP contribution < -0.4 is 0 Å². The molecule has 93 valence electrons. The SMILES string of the molecule is CC1=CC(=Nc2cc(Br)c(O)c(Br)c2)C=CC1=O.[Na]. The van der Waals surface area contributed by atoms with Gasteiger partial charge in [0, 0.05) is 29.6 Å². The van der Waals surface area contributed by atoms with Crippen LogP contribution in [0.1, 0.15) is 6.92 Å². The van der Waals surface area contributed by atoms with Crippen LogP contribution in [0.4, 0.5) is 5.69 Å². The Morgan fingerprint density at radius 2 is 1.74 bits per heavy atom. The van der Waals surface area contributed by atoms with Crippen LogP contribution in [0.25, 0.3) is 0 Å². The number of aliphatic imine (C=N–C) groups is 1. The normalized spacial score (nSPS) is 16.3. The van der Waals surface area contributed by atoms with Crippen LogP contribution in [0.15, 0.2) is 49.9 Å². The smallest absolute Gasteiger partial charge is 0.181 e. The van der Waals surface area contributed by atoms with Gasteiger partial charge in [0.25, 0.3) is 0 Å². The van der Waals surface area contributed by atoms with Crippen LogP contribution in [0, 0.1) is 0 Å². The predicted molar refractivity (Wildman–Crippen MR) is 84.3 cm³/mol. The summed E-state index contributed by atoms with van der Waals surface area (Å²) in [6.07, 6.45) is 4.90. The first-order valence-corrected chi connectivity index (χ1v) is 6.73. The average Bonchev–Trinajstić information content (AvgIpc) is 2.31. The number of phenolic OH excluding ortho intramolecular Hbond substituents is 1. The van der Waals surface area contributed by atoms with E-state index in [1.54, 1.807) is 31.2 Å². The minimum atomic E-state index is 0. The molecule has 3 nitrogen and oxygen atoms in total. The Morgan fingerprint density at radius 1 is 1.16 bits per heavy atom. The Kier molecular flexibility index (Phi) is 6.20. The summed E-state index contributed by atoms with van der Waals surface area (Å²) < 4.78 is 1.13. The van der Waals surface area contributed by atoms with E-state index in [0.29, 0.717) is 25.9 Å². The topological polar surface area (TPSA) is 49.7 Å². The van der Waals surface area contributed by atoms with E-state index in [0.717, 1.165) is 0 Å².